The summed E-state index contributed by atoms with van der Waals surface area (Å²) in [6.07, 6.45) is 0.903. The predicted molar refractivity (Wildman–Crippen MR) is 104 cm³/mol. The summed E-state index contributed by atoms with van der Waals surface area (Å²) >= 11 is 0. The van der Waals surface area contributed by atoms with Gasteiger partial charge in [-0.25, -0.2) is 4.98 Å². The maximum absolute atomic E-state index is 9.16. The Labute approximate surface area is 158 Å². The first kappa shape index (κ1) is 17.4. The zero-order valence-electron chi connectivity index (χ0n) is 15.9. The van der Waals surface area contributed by atoms with Crippen molar-refractivity contribution in [3.8, 4) is 11.8 Å². The van der Waals surface area contributed by atoms with E-state index in [9.17, 15) is 0 Å². The number of aryl methyl sites for hydroxylation is 1. The largest absolute Gasteiger partial charge is 0.496 e. The maximum Gasteiger partial charge on any atom is 0.151 e. The molecule has 2 N–H and O–H groups in total. The molecule has 2 aromatic carbocycles. The Morgan fingerprint density at radius 1 is 1.26 bits per heavy atom. The van der Waals surface area contributed by atoms with Crippen molar-refractivity contribution in [1.29, 1.82) is 5.26 Å². The molecule has 3 aromatic rings. The summed E-state index contributed by atoms with van der Waals surface area (Å²) in [5.74, 6) is 1.48. The van der Waals surface area contributed by atoms with Crippen molar-refractivity contribution in [1.82, 2.24) is 9.97 Å². The highest BCUT2D eigenvalue weighted by atomic mass is 16.5. The van der Waals surface area contributed by atoms with E-state index in [1.807, 2.05) is 19.1 Å². The molecule has 1 atom stereocenters. The highest BCUT2D eigenvalue weighted by Gasteiger charge is 2.39. The minimum absolute atomic E-state index is 0.592. The Hall–Kier alpha value is -3.04. The average molecular weight is 362 g/mol. The molecule has 4 rings (SSSR count). The quantitative estimate of drug-likeness (QED) is 0.740. The Morgan fingerprint density at radius 2 is 2.07 bits per heavy atom. The summed E-state index contributed by atoms with van der Waals surface area (Å²) < 4.78 is 11.8. The second-order valence-corrected chi connectivity index (χ2v) is 6.97. The van der Waals surface area contributed by atoms with Crippen molar-refractivity contribution in [2.45, 2.75) is 25.9 Å². The molecule has 138 valence electrons. The lowest BCUT2D eigenvalue weighted by molar-refractivity contribution is 0.0297. The smallest absolute Gasteiger partial charge is 0.151 e. The van der Waals surface area contributed by atoms with Crippen molar-refractivity contribution in [3.63, 3.8) is 0 Å². The first-order valence-corrected chi connectivity index (χ1v) is 8.92. The van der Waals surface area contributed by atoms with E-state index in [0.717, 1.165) is 46.6 Å². The van der Waals surface area contributed by atoms with Crippen molar-refractivity contribution >= 4 is 16.7 Å². The minimum atomic E-state index is -0.818. The number of nitrogens with one attached hydrogen (secondary N) is 2. The molecule has 27 heavy (non-hydrogen) atoms. The summed E-state index contributed by atoms with van der Waals surface area (Å²) in [6, 6.07) is 9.63. The zero-order chi connectivity index (χ0) is 19.2. The van der Waals surface area contributed by atoms with Crippen LogP contribution in [0.2, 0.25) is 0 Å². The standard InChI is InChI=1S/C21H22N4O2/c1-12-9-17(26-3)18(14-7-8-23-19(12)14)21(2,27-4)20-24-15-6-5-13(11-22)10-16(15)25-20/h5-6,9-10,23H,7-8H2,1-4H3,(H,24,25). The number of aromatic amines is 1. The summed E-state index contributed by atoms with van der Waals surface area (Å²) in [5, 5.41) is 12.6. The number of nitrogens with zero attached hydrogens (tertiary/aromatic N) is 2. The lowest BCUT2D eigenvalue weighted by Gasteiger charge is -2.30. The monoisotopic (exact) mass is 362 g/mol. The number of anilines is 1. The molecule has 0 amide bonds. The van der Waals surface area contributed by atoms with Crippen LogP contribution in [0.15, 0.2) is 24.3 Å². The number of aromatic nitrogens is 2. The predicted octanol–water partition coefficient (Wildman–Crippen LogP) is 3.63. The number of fused-ring (bicyclic) bond motifs is 2. The van der Waals surface area contributed by atoms with Crippen LogP contribution < -0.4 is 10.1 Å². The van der Waals surface area contributed by atoms with Gasteiger partial charge < -0.3 is 19.8 Å². The first-order chi connectivity index (χ1) is 13.0. The van der Waals surface area contributed by atoms with Gasteiger partial charge in [0, 0.05) is 24.9 Å². The van der Waals surface area contributed by atoms with Crippen LogP contribution in [0.5, 0.6) is 5.75 Å². The van der Waals surface area contributed by atoms with Crippen molar-refractivity contribution in [2.75, 3.05) is 26.1 Å². The van der Waals surface area contributed by atoms with Crippen LogP contribution in [0.3, 0.4) is 0 Å². The molecular formula is C21H22N4O2. The molecule has 1 aromatic heterocycles. The van der Waals surface area contributed by atoms with Crippen molar-refractivity contribution in [2.24, 2.45) is 0 Å². The van der Waals surface area contributed by atoms with Gasteiger partial charge in [0.05, 0.1) is 29.8 Å². The molecule has 0 spiro atoms. The van der Waals surface area contributed by atoms with E-state index in [1.165, 1.54) is 5.56 Å². The number of rotatable bonds is 4. The molecule has 0 saturated carbocycles. The molecular weight excluding hydrogens is 340 g/mol. The zero-order valence-corrected chi connectivity index (χ0v) is 15.9. The number of benzene rings is 2. The number of hydrogen-bond donors (Lipinski definition) is 2. The van der Waals surface area contributed by atoms with E-state index in [2.05, 4.69) is 23.3 Å². The topological polar surface area (TPSA) is 83.0 Å². The highest BCUT2D eigenvalue weighted by Crippen LogP contribution is 2.45. The number of imidazole rings is 1. The second-order valence-electron chi connectivity index (χ2n) is 6.97. The van der Waals surface area contributed by atoms with Crippen LogP contribution in [-0.4, -0.2) is 30.7 Å². The summed E-state index contributed by atoms with van der Waals surface area (Å²) in [5.41, 5.74) is 5.88. The van der Waals surface area contributed by atoms with Crippen LogP contribution >= 0.6 is 0 Å². The number of ether oxygens (including phenoxy) is 2. The van der Waals surface area contributed by atoms with Gasteiger partial charge in [0.2, 0.25) is 0 Å². The Kier molecular flexibility index (Phi) is 4.05. The lowest BCUT2D eigenvalue weighted by Crippen LogP contribution is -2.29. The van der Waals surface area contributed by atoms with E-state index in [1.54, 1.807) is 26.4 Å². The molecule has 1 unspecified atom stereocenters. The highest BCUT2D eigenvalue weighted by molar-refractivity contribution is 5.77. The maximum atomic E-state index is 9.16. The number of H-pyrrole nitrogens is 1. The van der Waals surface area contributed by atoms with Crippen LogP contribution in [-0.2, 0) is 16.8 Å². The van der Waals surface area contributed by atoms with Gasteiger partial charge in [-0.3, -0.25) is 0 Å². The lowest BCUT2D eigenvalue weighted by atomic mass is 9.87. The molecule has 6 nitrogen and oxygen atoms in total. The fourth-order valence-corrected chi connectivity index (χ4v) is 3.97. The SMILES string of the molecule is COc1cc(C)c2c(c1C(C)(OC)c1nc3ccc(C#N)cc3[nH]1)CCN2. The van der Waals surface area contributed by atoms with E-state index in [4.69, 9.17) is 19.7 Å². The Morgan fingerprint density at radius 3 is 2.78 bits per heavy atom. The van der Waals surface area contributed by atoms with Gasteiger partial charge in [0.25, 0.3) is 0 Å². The molecule has 6 heteroatoms. The Balaban J connectivity index is 1.96. The van der Waals surface area contributed by atoms with Crippen LogP contribution in [0, 0.1) is 18.3 Å². The fraction of sp³-hybridized carbons (Fsp3) is 0.333. The molecule has 0 fully saturated rings. The minimum Gasteiger partial charge on any atom is -0.496 e. The summed E-state index contributed by atoms with van der Waals surface area (Å²) in [7, 11) is 3.36. The molecule has 1 aliphatic rings. The van der Waals surface area contributed by atoms with Gasteiger partial charge in [-0.15, -0.1) is 0 Å². The molecule has 0 bridgehead atoms. The number of methoxy groups -OCH3 is 2. The average Bonchev–Trinajstić information content (AvgIpc) is 3.33. The molecule has 2 heterocycles. The summed E-state index contributed by atoms with van der Waals surface area (Å²) in [6.45, 7) is 4.97. The third-order valence-corrected chi connectivity index (χ3v) is 5.44. The van der Waals surface area contributed by atoms with Gasteiger partial charge >= 0.3 is 0 Å². The van der Waals surface area contributed by atoms with E-state index < -0.39 is 5.60 Å². The van der Waals surface area contributed by atoms with E-state index >= 15 is 0 Å². The molecule has 1 aliphatic heterocycles. The van der Waals surface area contributed by atoms with Crippen molar-refractivity contribution < 1.29 is 9.47 Å². The number of nitriles is 1. The van der Waals surface area contributed by atoms with Crippen LogP contribution in [0.1, 0.15) is 35.0 Å². The van der Waals surface area contributed by atoms with Gasteiger partial charge in [0.1, 0.15) is 11.6 Å². The Bertz CT molecular complexity index is 1080. The first-order valence-electron chi connectivity index (χ1n) is 8.92. The molecule has 0 saturated heterocycles. The second kappa shape index (κ2) is 6.29. The van der Waals surface area contributed by atoms with Gasteiger partial charge in [-0.1, -0.05) is 0 Å². The van der Waals surface area contributed by atoms with Crippen LogP contribution in [0.25, 0.3) is 11.0 Å². The summed E-state index contributed by atoms with van der Waals surface area (Å²) in [4.78, 5) is 8.12. The molecule has 0 aliphatic carbocycles. The number of hydrogen-bond acceptors (Lipinski definition) is 5. The third kappa shape index (κ3) is 2.54. The normalized spacial score (nSPS) is 15.1. The third-order valence-electron chi connectivity index (χ3n) is 5.44. The fourth-order valence-electron chi connectivity index (χ4n) is 3.97. The van der Waals surface area contributed by atoms with Crippen LogP contribution in [0.4, 0.5) is 5.69 Å². The van der Waals surface area contributed by atoms with E-state index in [0.29, 0.717) is 11.4 Å². The van der Waals surface area contributed by atoms with Crippen molar-refractivity contribution in [3.05, 3.63) is 52.3 Å². The van der Waals surface area contributed by atoms with E-state index in [-0.39, 0.29) is 0 Å². The van der Waals surface area contributed by atoms with Gasteiger partial charge in [0.15, 0.2) is 5.60 Å². The van der Waals surface area contributed by atoms with Gasteiger partial charge in [-0.2, -0.15) is 5.26 Å². The molecule has 0 radical (unpaired) electrons. The van der Waals surface area contributed by atoms with Gasteiger partial charge in [-0.05, 0) is 55.7 Å².